The van der Waals surface area contributed by atoms with Crippen LogP contribution in [0.4, 0.5) is 0 Å². The SMILES string of the molecule is CCc1cccc(CN(CCN(C)C)CC(C)(C)C)c1. The van der Waals surface area contributed by atoms with E-state index >= 15 is 0 Å². The molecule has 0 amide bonds. The Kier molecular flexibility index (Phi) is 6.70. The fourth-order valence-electron chi connectivity index (χ4n) is 2.43. The van der Waals surface area contributed by atoms with Gasteiger partial charge < -0.3 is 4.90 Å². The first kappa shape index (κ1) is 17.2. The van der Waals surface area contributed by atoms with Gasteiger partial charge in [-0.2, -0.15) is 0 Å². The van der Waals surface area contributed by atoms with E-state index in [1.807, 2.05) is 0 Å². The van der Waals surface area contributed by atoms with Crippen molar-refractivity contribution in [3.05, 3.63) is 35.4 Å². The average molecular weight is 276 g/mol. The van der Waals surface area contributed by atoms with Crippen LogP contribution in [-0.2, 0) is 13.0 Å². The molecular weight excluding hydrogens is 244 g/mol. The summed E-state index contributed by atoms with van der Waals surface area (Å²) in [6.45, 7) is 13.6. The van der Waals surface area contributed by atoms with Gasteiger partial charge in [0.05, 0.1) is 0 Å². The molecule has 0 spiro atoms. The molecule has 0 aromatic heterocycles. The van der Waals surface area contributed by atoms with Crippen molar-refractivity contribution in [1.82, 2.24) is 9.80 Å². The minimum Gasteiger partial charge on any atom is -0.308 e. The van der Waals surface area contributed by atoms with E-state index in [2.05, 4.69) is 75.9 Å². The van der Waals surface area contributed by atoms with E-state index in [0.29, 0.717) is 5.41 Å². The van der Waals surface area contributed by atoms with Crippen molar-refractivity contribution < 1.29 is 0 Å². The van der Waals surface area contributed by atoms with Gasteiger partial charge in [-0.05, 0) is 37.1 Å². The van der Waals surface area contributed by atoms with Gasteiger partial charge in [0.2, 0.25) is 0 Å². The standard InChI is InChI=1S/C18H32N2/c1-7-16-9-8-10-17(13-16)14-20(12-11-19(5)6)15-18(2,3)4/h8-10,13H,7,11-12,14-15H2,1-6H3. The van der Waals surface area contributed by atoms with E-state index < -0.39 is 0 Å². The minimum atomic E-state index is 0.342. The maximum atomic E-state index is 2.58. The van der Waals surface area contributed by atoms with Crippen LogP contribution in [0, 0.1) is 5.41 Å². The van der Waals surface area contributed by atoms with Gasteiger partial charge in [-0.1, -0.05) is 52.0 Å². The second-order valence-electron chi connectivity index (χ2n) is 7.25. The quantitative estimate of drug-likeness (QED) is 0.750. The van der Waals surface area contributed by atoms with Gasteiger partial charge >= 0.3 is 0 Å². The molecule has 0 fully saturated rings. The summed E-state index contributed by atoms with van der Waals surface area (Å²) in [6, 6.07) is 9.02. The summed E-state index contributed by atoms with van der Waals surface area (Å²) in [7, 11) is 4.29. The molecule has 0 N–H and O–H groups in total. The van der Waals surface area contributed by atoms with Gasteiger partial charge in [-0.15, -0.1) is 0 Å². The largest absolute Gasteiger partial charge is 0.308 e. The summed E-state index contributed by atoms with van der Waals surface area (Å²) in [6.07, 6.45) is 1.12. The van der Waals surface area contributed by atoms with E-state index in [1.165, 1.54) is 11.1 Å². The zero-order valence-electron chi connectivity index (χ0n) is 14.2. The van der Waals surface area contributed by atoms with Crippen LogP contribution in [0.25, 0.3) is 0 Å². The van der Waals surface area contributed by atoms with Crippen molar-refractivity contribution in [3.63, 3.8) is 0 Å². The third-order valence-corrected chi connectivity index (χ3v) is 3.37. The predicted molar refractivity (Wildman–Crippen MR) is 89.1 cm³/mol. The van der Waals surface area contributed by atoms with Crippen molar-refractivity contribution in [2.24, 2.45) is 5.41 Å². The Morgan fingerprint density at radius 2 is 1.65 bits per heavy atom. The molecule has 2 nitrogen and oxygen atoms in total. The molecule has 0 atom stereocenters. The van der Waals surface area contributed by atoms with E-state index in [-0.39, 0.29) is 0 Å². The van der Waals surface area contributed by atoms with Crippen LogP contribution in [0.5, 0.6) is 0 Å². The first-order valence-corrected chi connectivity index (χ1v) is 7.75. The zero-order valence-corrected chi connectivity index (χ0v) is 14.2. The lowest BCUT2D eigenvalue weighted by atomic mass is 9.95. The van der Waals surface area contributed by atoms with Gasteiger partial charge in [0.25, 0.3) is 0 Å². The molecule has 20 heavy (non-hydrogen) atoms. The topological polar surface area (TPSA) is 6.48 Å². The molecule has 1 aromatic rings. The summed E-state index contributed by atoms with van der Waals surface area (Å²) in [5.74, 6) is 0. The third-order valence-electron chi connectivity index (χ3n) is 3.37. The second-order valence-corrected chi connectivity index (χ2v) is 7.25. The lowest BCUT2D eigenvalue weighted by Crippen LogP contribution is -2.37. The highest BCUT2D eigenvalue weighted by Crippen LogP contribution is 2.17. The molecule has 0 radical (unpaired) electrons. The van der Waals surface area contributed by atoms with E-state index in [9.17, 15) is 0 Å². The molecule has 0 bridgehead atoms. The van der Waals surface area contributed by atoms with Crippen molar-refractivity contribution in [2.45, 2.75) is 40.7 Å². The Morgan fingerprint density at radius 1 is 1.00 bits per heavy atom. The van der Waals surface area contributed by atoms with E-state index in [1.54, 1.807) is 0 Å². The molecule has 0 heterocycles. The lowest BCUT2D eigenvalue weighted by molar-refractivity contribution is 0.169. The number of hydrogen-bond acceptors (Lipinski definition) is 2. The molecule has 0 saturated carbocycles. The number of rotatable bonds is 7. The van der Waals surface area contributed by atoms with Crippen molar-refractivity contribution in [1.29, 1.82) is 0 Å². The van der Waals surface area contributed by atoms with Crippen LogP contribution in [0.2, 0.25) is 0 Å². The molecule has 0 saturated heterocycles. The first-order valence-electron chi connectivity index (χ1n) is 7.75. The maximum Gasteiger partial charge on any atom is 0.0234 e. The Balaban J connectivity index is 2.71. The molecule has 0 aliphatic carbocycles. The van der Waals surface area contributed by atoms with Crippen LogP contribution < -0.4 is 0 Å². The van der Waals surface area contributed by atoms with Gasteiger partial charge in [-0.25, -0.2) is 0 Å². The predicted octanol–water partition coefficient (Wildman–Crippen LogP) is 3.66. The average Bonchev–Trinajstić information content (AvgIpc) is 2.34. The second kappa shape index (κ2) is 7.80. The van der Waals surface area contributed by atoms with Gasteiger partial charge in [0.15, 0.2) is 0 Å². The van der Waals surface area contributed by atoms with E-state index in [0.717, 1.165) is 32.6 Å². The smallest absolute Gasteiger partial charge is 0.0234 e. The van der Waals surface area contributed by atoms with Crippen LogP contribution in [0.3, 0.4) is 0 Å². The van der Waals surface area contributed by atoms with Gasteiger partial charge in [0, 0.05) is 26.2 Å². The molecule has 1 rings (SSSR count). The molecule has 0 aliphatic heterocycles. The van der Waals surface area contributed by atoms with Crippen molar-refractivity contribution in [2.75, 3.05) is 33.7 Å². The lowest BCUT2D eigenvalue weighted by Gasteiger charge is -2.31. The first-order chi connectivity index (χ1) is 9.30. The number of hydrogen-bond donors (Lipinski definition) is 0. The van der Waals surface area contributed by atoms with Crippen molar-refractivity contribution >= 4 is 0 Å². The summed E-state index contributed by atoms with van der Waals surface area (Å²) < 4.78 is 0. The Morgan fingerprint density at radius 3 is 2.20 bits per heavy atom. The molecule has 2 heteroatoms. The van der Waals surface area contributed by atoms with Crippen LogP contribution in [-0.4, -0.2) is 43.5 Å². The highest BCUT2D eigenvalue weighted by molar-refractivity contribution is 5.23. The summed E-state index contributed by atoms with van der Waals surface area (Å²) in [5, 5.41) is 0. The van der Waals surface area contributed by atoms with Crippen molar-refractivity contribution in [3.8, 4) is 0 Å². The fourth-order valence-corrected chi connectivity index (χ4v) is 2.43. The molecular formula is C18H32N2. The highest BCUT2D eigenvalue weighted by Gasteiger charge is 2.16. The summed E-state index contributed by atoms with van der Waals surface area (Å²) in [4.78, 5) is 4.84. The summed E-state index contributed by atoms with van der Waals surface area (Å²) >= 11 is 0. The number of benzene rings is 1. The van der Waals surface area contributed by atoms with Crippen LogP contribution in [0.1, 0.15) is 38.8 Å². The number of aryl methyl sites for hydroxylation is 1. The fraction of sp³-hybridized carbons (Fsp3) is 0.667. The Labute approximate surface area is 125 Å². The molecule has 0 unspecified atom stereocenters. The molecule has 1 aromatic carbocycles. The molecule has 0 aliphatic rings. The minimum absolute atomic E-state index is 0.342. The van der Waals surface area contributed by atoms with E-state index in [4.69, 9.17) is 0 Å². The normalized spacial score (nSPS) is 12.4. The zero-order chi connectivity index (χ0) is 15.2. The molecule has 114 valence electrons. The van der Waals surface area contributed by atoms with Gasteiger partial charge in [0.1, 0.15) is 0 Å². The summed E-state index contributed by atoms with van der Waals surface area (Å²) in [5.41, 5.74) is 3.22. The van der Waals surface area contributed by atoms with Gasteiger partial charge in [-0.3, -0.25) is 4.90 Å². The highest BCUT2D eigenvalue weighted by atomic mass is 15.2. The maximum absolute atomic E-state index is 2.58. The van der Waals surface area contributed by atoms with Crippen LogP contribution in [0.15, 0.2) is 24.3 Å². The number of nitrogens with zero attached hydrogens (tertiary/aromatic N) is 2. The monoisotopic (exact) mass is 276 g/mol. The van der Waals surface area contributed by atoms with Crippen LogP contribution >= 0.6 is 0 Å². The Hall–Kier alpha value is -0.860. The number of likely N-dealkylation sites (N-methyl/N-ethyl adjacent to an activating group) is 1. The Bertz CT molecular complexity index is 391. The third kappa shape index (κ3) is 7.06.